The number of carbonyl (C=O) groups excluding carboxylic acids is 3. The third-order valence-electron chi connectivity index (χ3n) is 4.46. The number of fused-ring (bicyclic) bond motifs is 1. The Labute approximate surface area is 190 Å². The van der Waals surface area contributed by atoms with Crippen molar-refractivity contribution in [2.45, 2.75) is 0 Å². The van der Waals surface area contributed by atoms with Crippen molar-refractivity contribution in [2.75, 3.05) is 7.11 Å². The first-order chi connectivity index (χ1) is 16.0. The summed E-state index contributed by atoms with van der Waals surface area (Å²) in [5.41, 5.74) is 1.78. The number of rotatable bonds is 5. The summed E-state index contributed by atoms with van der Waals surface area (Å²) in [6.45, 7) is 0. The van der Waals surface area contributed by atoms with Crippen LogP contribution in [0.2, 0.25) is 0 Å². The molecule has 0 atom stereocenters. The van der Waals surface area contributed by atoms with Crippen molar-refractivity contribution in [1.29, 1.82) is 0 Å². The number of nitrogens with zero attached hydrogens (tertiary/aromatic N) is 1. The molecule has 33 heavy (non-hydrogen) atoms. The lowest BCUT2D eigenvalue weighted by Crippen LogP contribution is -1.88. The highest BCUT2D eigenvalue weighted by atomic mass is 16.6. The second-order valence-electron chi connectivity index (χ2n) is 6.51. The van der Waals surface area contributed by atoms with E-state index in [9.17, 15) is 24.5 Å². The number of methoxy groups -OCH3 is 1. The number of hydrogen-bond donors (Lipinski definition) is 0. The van der Waals surface area contributed by atoms with Crippen molar-refractivity contribution < 1.29 is 24.0 Å². The van der Waals surface area contributed by atoms with E-state index in [2.05, 4.69) is 0 Å². The van der Waals surface area contributed by atoms with Crippen LogP contribution < -0.4 is 4.74 Å². The van der Waals surface area contributed by atoms with Crippen LogP contribution in [-0.2, 0) is 0 Å². The molecule has 0 N–H and O–H groups in total. The van der Waals surface area contributed by atoms with Crippen LogP contribution in [0.1, 0.15) is 31.1 Å². The predicted molar refractivity (Wildman–Crippen MR) is 126 cm³/mol. The number of carbonyl (C=O) groups is 3. The van der Waals surface area contributed by atoms with Crippen LogP contribution in [0.4, 0.5) is 5.69 Å². The Morgan fingerprint density at radius 3 is 1.85 bits per heavy atom. The Hall–Kier alpha value is -4.65. The Morgan fingerprint density at radius 1 is 0.697 bits per heavy atom. The van der Waals surface area contributed by atoms with Gasteiger partial charge >= 0.3 is 0 Å². The summed E-state index contributed by atoms with van der Waals surface area (Å²) in [4.78, 5) is 40.7. The van der Waals surface area contributed by atoms with Crippen molar-refractivity contribution in [3.8, 4) is 5.75 Å². The average molecular weight is 443 g/mol. The van der Waals surface area contributed by atoms with Crippen LogP contribution >= 0.6 is 0 Å². The summed E-state index contributed by atoms with van der Waals surface area (Å²) in [7, 11) is 1.54. The number of ether oxygens (including phenoxy) is 1. The number of nitro benzene ring substituents is 1. The first kappa shape index (κ1) is 24.6. The van der Waals surface area contributed by atoms with Gasteiger partial charge in [0.05, 0.1) is 17.6 Å². The molecule has 4 aromatic rings. The molecule has 0 saturated heterocycles. The highest BCUT2D eigenvalue weighted by Crippen LogP contribution is 2.16. The van der Waals surface area contributed by atoms with Crippen molar-refractivity contribution in [3.63, 3.8) is 0 Å². The van der Waals surface area contributed by atoms with E-state index in [-0.39, 0.29) is 5.69 Å². The predicted octanol–water partition coefficient (Wildman–Crippen LogP) is 5.57. The zero-order chi connectivity index (χ0) is 24.1. The fraction of sp³-hybridized carbons (Fsp3) is 0.0385. The minimum Gasteiger partial charge on any atom is -0.496 e. The van der Waals surface area contributed by atoms with Gasteiger partial charge < -0.3 is 4.74 Å². The second kappa shape index (κ2) is 12.9. The Balaban J connectivity index is 0.000000176. The van der Waals surface area contributed by atoms with E-state index < -0.39 is 4.92 Å². The van der Waals surface area contributed by atoms with Crippen molar-refractivity contribution >= 4 is 35.3 Å². The zero-order valence-electron chi connectivity index (χ0n) is 17.8. The first-order valence-corrected chi connectivity index (χ1v) is 9.74. The molecular weight excluding hydrogens is 422 g/mol. The minimum atomic E-state index is -0.505. The molecule has 0 aliphatic rings. The normalized spacial score (nSPS) is 9.36. The summed E-state index contributed by atoms with van der Waals surface area (Å²) < 4.78 is 4.90. The number of para-hydroxylation sites is 1. The number of hydrogen-bond acceptors (Lipinski definition) is 6. The van der Waals surface area contributed by atoms with Gasteiger partial charge in [-0.2, -0.15) is 0 Å². The van der Waals surface area contributed by atoms with Crippen molar-refractivity contribution in [2.24, 2.45) is 0 Å². The van der Waals surface area contributed by atoms with Crippen molar-refractivity contribution in [3.05, 3.63) is 118 Å². The van der Waals surface area contributed by atoms with Crippen LogP contribution in [0.15, 0.2) is 91.0 Å². The molecule has 0 radical (unpaired) electrons. The van der Waals surface area contributed by atoms with E-state index in [4.69, 9.17) is 4.74 Å². The van der Waals surface area contributed by atoms with Gasteiger partial charge in [-0.25, -0.2) is 0 Å². The Kier molecular flexibility index (Phi) is 9.63. The second-order valence-corrected chi connectivity index (χ2v) is 6.51. The van der Waals surface area contributed by atoms with Crippen LogP contribution in [0, 0.1) is 10.1 Å². The highest BCUT2D eigenvalue weighted by molar-refractivity contribution is 5.97. The number of nitro groups is 1. The summed E-state index contributed by atoms with van der Waals surface area (Å²) in [5.74, 6) is 0.623. The van der Waals surface area contributed by atoms with E-state index in [0.29, 0.717) is 23.2 Å². The van der Waals surface area contributed by atoms with E-state index in [1.807, 2.05) is 48.5 Å². The zero-order valence-corrected chi connectivity index (χ0v) is 17.8. The minimum absolute atomic E-state index is 0.00407. The molecule has 4 rings (SSSR count). The molecule has 4 aromatic carbocycles. The van der Waals surface area contributed by atoms with Gasteiger partial charge in [-0.3, -0.25) is 24.5 Å². The molecule has 0 heterocycles. The van der Waals surface area contributed by atoms with E-state index in [1.54, 1.807) is 25.3 Å². The molecule has 7 nitrogen and oxygen atoms in total. The maximum atomic E-state index is 10.6. The molecule has 0 fully saturated rings. The molecule has 0 saturated carbocycles. The quantitative estimate of drug-likeness (QED) is 0.227. The molecule has 166 valence electrons. The monoisotopic (exact) mass is 443 g/mol. The molecule has 0 amide bonds. The number of aldehydes is 3. The fourth-order valence-electron chi connectivity index (χ4n) is 2.79. The van der Waals surface area contributed by atoms with Gasteiger partial charge in [0.15, 0.2) is 12.6 Å². The van der Waals surface area contributed by atoms with Gasteiger partial charge in [0.25, 0.3) is 5.69 Å². The van der Waals surface area contributed by atoms with Crippen LogP contribution in [-0.4, -0.2) is 30.9 Å². The lowest BCUT2D eigenvalue weighted by molar-refractivity contribution is -0.384. The lowest BCUT2D eigenvalue weighted by Gasteiger charge is -1.99. The van der Waals surface area contributed by atoms with Gasteiger partial charge in [-0.15, -0.1) is 0 Å². The van der Waals surface area contributed by atoms with Gasteiger partial charge in [0.2, 0.25) is 0 Å². The largest absolute Gasteiger partial charge is 0.496 e. The standard InChI is InChI=1S/C11H8O.C8H8O2.C7H5NO3/c12-8-10-6-3-5-9-4-1-2-7-11(9)10;1-10-8-5-3-2-4-7(8)6-9;9-5-6-1-3-7(4-2-6)8(10)11/h1-8H;2-6H,1H3;1-5H. The molecule has 7 heteroatoms. The number of benzene rings is 4. The lowest BCUT2D eigenvalue weighted by atomic mass is 10.1. The van der Waals surface area contributed by atoms with Crippen LogP contribution in [0.3, 0.4) is 0 Å². The molecule has 0 spiro atoms. The molecule has 0 aromatic heterocycles. The number of non-ortho nitro benzene ring substituents is 1. The third-order valence-corrected chi connectivity index (χ3v) is 4.46. The van der Waals surface area contributed by atoms with Gasteiger partial charge in [0, 0.05) is 23.3 Å². The summed E-state index contributed by atoms with van der Waals surface area (Å²) in [6, 6.07) is 26.1. The van der Waals surface area contributed by atoms with Crippen LogP contribution in [0.5, 0.6) is 5.75 Å². The van der Waals surface area contributed by atoms with Gasteiger partial charge in [0.1, 0.15) is 12.0 Å². The molecule has 0 aliphatic carbocycles. The molecular formula is C26H21NO6. The van der Waals surface area contributed by atoms with E-state index >= 15 is 0 Å². The average Bonchev–Trinajstić information content (AvgIpc) is 2.89. The summed E-state index contributed by atoms with van der Waals surface area (Å²) in [6.07, 6.45) is 2.31. The maximum absolute atomic E-state index is 10.6. The third kappa shape index (κ3) is 7.22. The Morgan fingerprint density at radius 2 is 1.27 bits per heavy atom. The summed E-state index contributed by atoms with van der Waals surface area (Å²) >= 11 is 0. The van der Waals surface area contributed by atoms with Gasteiger partial charge in [-0.1, -0.05) is 54.6 Å². The topological polar surface area (TPSA) is 104 Å². The fourth-order valence-corrected chi connectivity index (χ4v) is 2.79. The van der Waals surface area contributed by atoms with Gasteiger partial charge in [-0.05, 0) is 35.0 Å². The van der Waals surface area contributed by atoms with E-state index in [1.165, 1.54) is 24.3 Å². The van der Waals surface area contributed by atoms with Crippen molar-refractivity contribution in [1.82, 2.24) is 0 Å². The SMILES string of the molecule is COc1ccccc1C=O.O=Cc1ccc([N+](=O)[O-])cc1.O=Cc1cccc2ccccc12. The Bertz CT molecular complexity index is 1230. The highest BCUT2D eigenvalue weighted by Gasteiger charge is 2.02. The summed E-state index contributed by atoms with van der Waals surface area (Å²) in [5, 5.41) is 12.3. The maximum Gasteiger partial charge on any atom is 0.269 e. The molecule has 0 aliphatic heterocycles. The van der Waals surface area contributed by atoms with Crippen LogP contribution in [0.25, 0.3) is 10.8 Å². The molecule has 0 bridgehead atoms. The molecule has 0 unspecified atom stereocenters. The smallest absolute Gasteiger partial charge is 0.269 e. The first-order valence-electron chi connectivity index (χ1n) is 9.74. The van der Waals surface area contributed by atoms with E-state index in [0.717, 1.165) is 28.9 Å².